The van der Waals surface area contributed by atoms with Gasteiger partial charge >= 0.3 is 0 Å². The fourth-order valence-electron chi connectivity index (χ4n) is 4.52. The van der Waals surface area contributed by atoms with Crippen molar-refractivity contribution in [3.63, 3.8) is 0 Å². The zero-order valence-electron chi connectivity index (χ0n) is 20.0. The number of benzene rings is 2. The lowest BCUT2D eigenvalue weighted by Gasteiger charge is -2.38. The van der Waals surface area contributed by atoms with Crippen LogP contribution >= 0.6 is 0 Å². The van der Waals surface area contributed by atoms with E-state index >= 15 is 0 Å². The van der Waals surface area contributed by atoms with Crippen molar-refractivity contribution in [2.45, 2.75) is 26.8 Å². The molecule has 1 saturated heterocycles. The number of hydrogen-bond donors (Lipinski definition) is 1. The molecule has 0 radical (unpaired) electrons. The molecule has 2 amide bonds. The first-order chi connectivity index (χ1) is 15.8. The van der Waals surface area contributed by atoms with E-state index in [-0.39, 0.29) is 11.8 Å². The lowest BCUT2D eigenvalue weighted by atomic mass is 10.1. The molecule has 2 aromatic carbocycles. The highest BCUT2D eigenvalue weighted by molar-refractivity contribution is 6.01. The fraction of sp³-hybridized carbons (Fsp3) is 0.385. The smallest absolute Gasteiger partial charge is 0.268 e. The van der Waals surface area contributed by atoms with Crippen LogP contribution in [0.4, 0.5) is 5.69 Å². The molecule has 3 aromatic rings. The van der Waals surface area contributed by atoms with E-state index in [1.807, 2.05) is 40.8 Å². The molecule has 1 atom stereocenters. The highest BCUT2D eigenvalue weighted by atomic mass is 16.5. The third kappa shape index (κ3) is 4.40. The number of aromatic nitrogens is 1. The van der Waals surface area contributed by atoms with Crippen LogP contribution in [0.25, 0.3) is 10.9 Å². The topological polar surface area (TPSA) is 66.8 Å². The van der Waals surface area contributed by atoms with Crippen LogP contribution in [-0.4, -0.2) is 60.6 Å². The maximum absolute atomic E-state index is 13.0. The van der Waals surface area contributed by atoms with Crippen molar-refractivity contribution in [1.82, 2.24) is 14.8 Å². The molecule has 7 nitrogen and oxygen atoms in total. The zero-order chi connectivity index (χ0) is 23.7. The molecule has 1 fully saturated rings. The molecule has 1 aromatic heterocycles. The number of aryl methyl sites for hydroxylation is 2. The van der Waals surface area contributed by atoms with Crippen LogP contribution in [-0.2, 0) is 11.8 Å². The summed E-state index contributed by atoms with van der Waals surface area (Å²) in [5, 5.41) is 3.81. The summed E-state index contributed by atoms with van der Waals surface area (Å²) in [7, 11) is 3.47. The molecule has 0 aliphatic carbocycles. The molecular weight excluding hydrogens is 416 g/mol. The number of carbonyl (C=O) groups is 2. The maximum atomic E-state index is 13.0. The van der Waals surface area contributed by atoms with Gasteiger partial charge < -0.3 is 24.4 Å². The van der Waals surface area contributed by atoms with Crippen LogP contribution in [0.15, 0.2) is 42.5 Å². The summed E-state index contributed by atoms with van der Waals surface area (Å²) >= 11 is 0. The van der Waals surface area contributed by atoms with Crippen LogP contribution in [0.1, 0.15) is 28.5 Å². The second-order valence-electron chi connectivity index (χ2n) is 8.74. The number of methoxy groups -OCH3 is 1. The molecule has 1 aliphatic heterocycles. The third-order valence-electron chi connectivity index (χ3n) is 6.71. The predicted octanol–water partition coefficient (Wildman–Crippen LogP) is 3.27. The minimum Gasteiger partial charge on any atom is -0.497 e. The van der Waals surface area contributed by atoms with Crippen LogP contribution in [0, 0.1) is 13.8 Å². The normalized spacial score (nSPS) is 14.9. The van der Waals surface area contributed by atoms with Crippen molar-refractivity contribution in [1.29, 1.82) is 0 Å². The Labute approximate surface area is 194 Å². The van der Waals surface area contributed by atoms with Gasteiger partial charge in [-0.2, -0.15) is 0 Å². The quantitative estimate of drug-likeness (QED) is 0.651. The fourth-order valence-corrected chi connectivity index (χ4v) is 4.52. The Hall–Kier alpha value is -3.48. The van der Waals surface area contributed by atoms with Crippen molar-refractivity contribution >= 4 is 28.4 Å². The van der Waals surface area contributed by atoms with Gasteiger partial charge in [0.2, 0.25) is 5.91 Å². The minimum atomic E-state index is -0.600. The molecule has 1 N–H and O–H groups in total. The molecule has 0 unspecified atom stereocenters. The monoisotopic (exact) mass is 448 g/mol. The van der Waals surface area contributed by atoms with Crippen molar-refractivity contribution in [3.8, 4) is 5.75 Å². The molecular formula is C26H32N4O3. The Kier molecular flexibility index (Phi) is 6.31. The molecule has 7 heteroatoms. The van der Waals surface area contributed by atoms with Gasteiger partial charge in [-0.15, -0.1) is 0 Å². The first kappa shape index (κ1) is 22.7. The van der Waals surface area contributed by atoms with E-state index in [2.05, 4.69) is 42.3 Å². The minimum absolute atomic E-state index is 0.0515. The number of anilines is 1. The van der Waals surface area contributed by atoms with E-state index in [0.29, 0.717) is 18.8 Å². The van der Waals surface area contributed by atoms with Crippen molar-refractivity contribution < 1.29 is 14.3 Å². The van der Waals surface area contributed by atoms with E-state index in [0.717, 1.165) is 29.7 Å². The summed E-state index contributed by atoms with van der Waals surface area (Å²) in [4.78, 5) is 30.2. The molecule has 0 bridgehead atoms. The summed E-state index contributed by atoms with van der Waals surface area (Å²) in [5.41, 5.74) is 5.23. The Morgan fingerprint density at radius 1 is 1.03 bits per heavy atom. The summed E-state index contributed by atoms with van der Waals surface area (Å²) in [6.07, 6.45) is 0. The zero-order valence-corrected chi connectivity index (χ0v) is 20.0. The van der Waals surface area contributed by atoms with Gasteiger partial charge in [-0.25, -0.2) is 0 Å². The molecule has 4 rings (SSSR count). The standard InChI is InChI=1S/C26H32N4O3/c1-17-7-6-8-22(18(17)2)29-11-13-30(14-12-29)26(32)19(3)27-25(31)24-16-20-15-21(33-5)9-10-23(20)28(24)4/h6-10,15-16,19H,11-14H2,1-5H3,(H,27,31)/t19-/m1/s1. The number of nitrogens with zero attached hydrogens (tertiary/aromatic N) is 3. The largest absolute Gasteiger partial charge is 0.497 e. The Bertz CT molecular complexity index is 1190. The lowest BCUT2D eigenvalue weighted by Crippen LogP contribution is -2.54. The van der Waals surface area contributed by atoms with Crippen LogP contribution < -0.4 is 15.0 Å². The van der Waals surface area contributed by atoms with Gasteiger partial charge in [0.1, 0.15) is 17.5 Å². The SMILES string of the molecule is COc1ccc2c(c1)cc(C(=O)N[C@H](C)C(=O)N1CCN(c3cccc(C)c3C)CC1)n2C. The van der Waals surface area contributed by atoms with Gasteiger partial charge in [0, 0.05) is 49.8 Å². The number of amides is 2. The highest BCUT2D eigenvalue weighted by Crippen LogP contribution is 2.25. The van der Waals surface area contributed by atoms with Gasteiger partial charge in [-0.3, -0.25) is 9.59 Å². The maximum Gasteiger partial charge on any atom is 0.268 e. The molecule has 174 valence electrons. The molecule has 2 heterocycles. The average molecular weight is 449 g/mol. The summed E-state index contributed by atoms with van der Waals surface area (Å²) in [6.45, 7) is 8.85. The van der Waals surface area contributed by atoms with Crippen molar-refractivity contribution in [3.05, 3.63) is 59.3 Å². The third-order valence-corrected chi connectivity index (χ3v) is 6.71. The van der Waals surface area contributed by atoms with Gasteiger partial charge in [0.15, 0.2) is 0 Å². The predicted molar refractivity (Wildman–Crippen MR) is 131 cm³/mol. The Morgan fingerprint density at radius 2 is 1.76 bits per heavy atom. The number of fused-ring (bicyclic) bond motifs is 1. The van der Waals surface area contributed by atoms with Crippen LogP contribution in [0.3, 0.4) is 0 Å². The number of piperazine rings is 1. The van der Waals surface area contributed by atoms with E-state index < -0.39 is 6.04 Å². The van der Waals surface area contributed by atoms with Crippen molar-refractivity contribution in [2.75, 3.05) is 38.2 Å². The van der Waals surface area contributed by atoms with Gasteiger partial charge in [0.05, 0.1) is 7.11 Å². The Morgan fingerprint density at radius 3 is 2.45 bits per heavy atom. The van der Waals surface area contributed by atoms with Crippen LogP contribution in [0.5, 0.6) is 5.75 Å². The second-order valence-corrected chi connectivity index (χ2v) is 8.74. The van der Waals surface area contributed by atoms with E-state index in [1.54, 1.807) is 14.0 Å². The highest BCUT2D eigenvalue weighted by Gasteiger charge is 2.27. The second kappa shape index (κ2) is 9.17. The lowest BCUT2D eigenvalue weighted by molar-refractivity contribution is -0.133. The average Bonchev–Trinajstić information content (AvgIpc) is 3.16. The summed E-state index contributed by atoms with van der Waals surface area (Å²) < 4.78 is 7.12. The molecule has 0 spiro atoms. The van der Waals surface area contributed by atoms with Gasteiger partial charge in [0.25, 0.3) is 5.91 Å². The van der Waals surface area contributed by atoms with Crippen LogP contribution in [0.2, 0.25) is 0 Å². The van der Waals surface area contributed by atoms with Gasteiger partial charge in [-0.05, 0) is 62.2 Å². The van der Waals surface area contributed by atoms with E-state index in [1.165, 1.54) is 16.8 Å². The molecule has 0 saturated carbocycles. The van der Waals surface area contributed by atoms with E-state index in [9.17, 15) is 9.59 Å². The summed E-state index contributed by atoms with van der Waals surface area (Å²) in [6, 6.07) is 13.3. The number of rotatable bonds is 5. The first-order valence-corrected chi connectivity index (χ1v) is 11.3. The van der Waals surface area contributed by atoms with Crippen molar-refractivity contribution in [2.24, 2.45) is 7.05 Å². The number of hydrogen-bond acceptors (Lipinski definition) is 4. The number of nitrogens with one attached hydrogen (secondary N) is 1. The van der Waals surface area contributed by atoms with Gasteiger partial charge in [-0.1, -0.05) is 12.1 Å². The number of ether oxygens (including phenoxy) is 1. The van der Waals surface area contributed by atoms with E-state index in [4.69, 9.17) is 4.74 Å². The molecule has 1 aliphatic rings. The molecule has 33 heavy (non-hydrogen) atoms. The number of carbonyl (C=O) groups excluding carboxylic acids is 2. The summed E-state index contributed by atoms with van der Waals surface area (Å²) in [5.74, 6) is 0.426. The first-order valence-electron chi connectivity index (χ1n) is 11.3. The Balaban J connectivity index is 1.39.